The average Bonchev–Trinajstić information content (AvgIpc) is 2.98. The number of morpholine rings is 1. The fraction of sp³-hybridized carbons (Fsp3) is 0.576. The Hall–Kier alpha value is -2.97. The highest BCUT2D eigenvalue weighted by atomic mass is 35.5. The summed E-state index contributed by atoms with van der Waals surface area (Å²) in [7, 11) is 1.78. The summed E-state index contributed by atoms with van der Waals surface area (Å²) in [6.07, 6.45) is 2.50. The van der Waals surface area contributed by atoms with Crippen molar-refractivity contribution in [3.05, 3.63) is 62.6 Å². The predicted molar refractivity (Wildman–Crippen MR) is 169 cm³/mol. The monoisotopic (exact) mass is 631 g/mol. The van der Waals surface area contributed by atoms with Crippen molar-refractivity contribution in [3.8, 4) is 11.8 Å². The fourth-order valence-electron chi connectivity index (χ4n) is 6.23. The first kappa shape index (κ1) is 33.9. The number of alkyl halides is 2. The summed E-state index contributed by atoms with van der Waals surface area (Å²) in [5.41, 5.74) is 3.99. The SMILES string of the molecule is CCN(c1cc(C#CCN2CCOCC2)cc(C(=O)NCc2c(Cl)cc(C)c[n+]2[O-])c1C)C1CCC(N(C)CC(F)F)CC1. The molecule has 0 unspecified atom stereocenters. The molecule has 0 radical (unpaired) electrons. The van der Waals surface area contributed by atoms with E-state index in [0.717, 1.165) is 67.7 Å². The zero-order valence-corrected chi connectivity index (χ0v) is 26.9. The van der Waals surface area contributed by atoms with Crippen LogP contribution in [0.1, 0.15) is 65.3 Å². The first-order valence-corrected chi connectivity index (χ1v) is 15.8. The van der Waals surface area contributed by atoms with Crippen molar-refractivity contribution in [2.45, 2.75) is 71.5 Å². The molecule has 1 aliphatic heterocycles. The quantitative estimate of drug-likeness (QED) is 0.236. The molecule has 2 aliphatic rings. The molecule has 1 N–H and O–H groups in total. The third-order valence-corrected chi connectivity index (χ3v) is 9.03. The number of nitrogens with one attached hydrogen (secondary N) is 1. The number of aromatic nitrogens is 1. The molecule has 0 bridgehead atoms. The van der Waals surface area contributed by atoms with Crippen LogP contribution < -0.4 is 14.9 Å². The highest BCUT2D eigenvalue weighted by Gasteiger charge is 2.30. The number of amides is 1. The van der Waals surface area contributed by atoms with E-state index in [4.69, 9.17) is 16.3 Å². The lowest BCUT2D eigenvalue weighted by molar-refractivity contribution is -0.614. The second-order valence-electron chi connectivity index (χ2n) is 11.8. The van der Waals surface area contributed by atoms with Crippen LogP contribution >= 0.6 is 11.6 Å². The van der Waals surface area contributed by atoms with Gasteiger partial charge in [-0.15, -0.1) is 0 Å². The minimum atomic E-state index is -2.34. The summed E-state index contributed by atoms with van der Waals surface area (Å²) < 4.78 is 32.1. The highest BCUT2D eigenvalue weighted by molar-refractivity contribution is 6.31. The molecule has 44 heavy (non-hydrogen) atoms. The van der Waals surface area contributed by atoms with Gasteiger partial charge in [-0.1, -0.05) is 23.4 Å². The Labute approximate surface area is 264 Å². The van der Waals surface area contributed by atoms with Crippen molar-refractivity contribution in [2.75, 3.05) is 57.9 Å². The molecule has 1 aliphatic carbocycles. The van der Waals surface area contributed by atoms with Crippen LogP contribution in [-0.2, 0) is 11.3 Å². The van der Waals surface area contributed by atoms with E-state index in [1.54, 1.807) is 24.9 Å². The second kappa shape index (κ2) is 15.8. The van der Waals surface area contributed by atoms with Crippen molar-refractivity contribution < 1.29 is 23.0 Å². The van der Waals surface area contributed by atoms with Crippen molar-refractivity contribution in [3.63, 3.8) is 0 Å². The zero-order chi connectivity index (χ0) is 31.8. The first-order valence-electron chi connectivity index (χ1n) is 15.4. The molecular formula is C33H44ClF2N5O3. The van der Waals surface area contributed by atoms with Gasteiger partial charge in [0.15, 0.2) is 6.20 Å². The van der Waals surface area contributed by atoms with Crippen LogP contribution in [0.4, 0.5) is 14.5 Å². The summed E-state index contributed by atoms with van der Waals surface area (Å²) in [6.45, 7) is 9.98. The maximum atomic E-state index is 13.6. The van der Waals surface area contributed by atoms with E-state index in [1.165, 1.54) is 6.20 Å². The van der Waals surface area contributed by atoms with E-state index < -0.39 is 6.43 Å². The van der Waals surface area contributed by atoms with Gasteiger partial charge < -0.3 is 20.2 Å². The lowest BCUT2D eigenvalue weighted by atomic mass is 9.88. The number of aryl methyl sites for hydroxylation is 1. The fourth-order valence-corrected chi connectivity index (χ4v) is 6.55. The Morgan fingerprint density at radius 1 is 1.18 bits per heavy atom. The van der Waals surface area contributed by atoms with E-state index in [9.17, 15) is 18.8 Å². The van der Waals surface area contributed by atoms with Gasteiger partial charge >= 0.3 is 0 Å². The number of nitrogens with zero attached hydrogens (tertiary/aromatic N) is 4. The highest BCUT2D eigenvalue weighted by Crippen LogP contribution is 2.33. The first-order chi connectivity index (χ1) is 21.1. The third kappa shape index (κ3) is 8.81. The number of benzene rings is 1. The van der Waals surface area contributed by atoms with Gasteiger partial charge in [0.1, 0.15) is 11.6 Å². The molecule has 0 spiro atoms. The number of carbonyl (C=O) groups excluding carboxylic acids is 1. The van der Waals surface area contributed by atoms with Crippen molar-refractivity contribution in [2.24, 2.45) is 0 Å². The lowest BCUT2D eigenvalue weighted by Crippen LogP contribution is -2.44. The Balaban J connectivity index is 1.59. The van der Waals surface area contributed by atoms with Crippen LogP contribution in [0.25, 0.3) is 0 Å². The number of hydrogen-bond acceptors (Lipinski definition) is 6. The van der Waals surface area contributed by atoms with E-state index >= 15 is 0 Å². The number of hydrogen-bond donors (Lipinski definition) is 1. The van der Waals surface area contributed by atoms with Crippen LogP contribution in [0.3, 0.4) is 0 Å². The molecule has 2 aromatic rings. The molecule has 8 nitrogen and oxygen atoms in total. The summed E-state index contributed by atoms with van der Waals surface area (Å²) in [4.78, 5) is 20.0. The Morgan fingerprint density at radius 3 is 2.50 bits per heavy atom. The number of ether oxygens (including phenoxy) is 1. The summed E-state index contributed by atoms with van der Waals surface area (Å²) in [6, 6.07) is 5.92. The van der Waals surface area contributed by atoms with Crippen molar-refractivity contribution in [1.29, 1.82) is 0 Å². The van der Waals surface area contributed by atoms with Gasteiger partial charge in [0, 0.05) is 54.1 Å². The topological polar surface area (TPSA) is 75.0 Å². The Bertz CT molecular complexity index is 1330. The molecule has 1 aromatic carbocycles. The van der Waals surface area contributed by atoms with Crippen molar-refractivity contribution in [1.82, 2.24) is 15.1 Å². The second-order valence-corrected chi connectivity index (χ2v) is 12.2. The number of anilines is 1. The Kier molecular flexibility index (Phi) is 12.2. The molecule has 11 heteroatoms. The standard InChI is InChI=1S/C33H44ClF2N5O3/c1-5-40(27-10-8-26(9-11-27)38(4)22-32(35)36)30-19-25(7-6-12-39-13-15-44-16-14-39)18-28(24(30)3)33(42)37-20-31-29(34)17-23(2)21-41(31)43/h17-19,21,26-27,32H,5,8-16,20,22H2,1-4H3,(H,37,42). The molecule has 1 amide bonds. The minimum absolute atomic E-state index is 0.0171. The summed E-state index contributed by atoms with van der Waals surface area (Å²) in [5, 5.41) is 15.6. The van der Waals surface area contributed by atoms with Gasteiger partial charge in [0.05, 0.1) is 26.3 Å². The predicted octanol–water partition coefficient (Wildman–Crippen LogP) is 4.54. The summed E-state index contributed by atoms with van der Waals surface area (Å²) in [5.74, 6) is 6.24. The van der Waals surface area contributed by atoms with E-state index in [0.29, 0.717) is 35.1 Å². The minimum Gasteiger partial charge on any atom is -0.618 e. The number of halogens is 3. The van der Waals surface area contributed by atoms with E-state index in [1.807, 2.05) is 13.0 Å². The van der Waals surface area contributed by atoms with Crippen LogP contribution in [0.2, 0.25) is 5.02 Å². The summed E-state index contributed by atoms with van der Waals surface area (Å²) >= 11 is 6.32. The van der Waals surface area contributed by atoms with Gasteiger partial charge in [-0.3, -0.25) is 14.6 Å². The third-order valence-electron chi connectivity index (χ3n) is 8.70. The number of rotatable bonds is 10. The zero-order valence-electron chi connectivity index (χ0n) is 26.2. The average molecular weight is 632 g/mol. The largest absolute Gasteiger partial charge is 0.618 e. The maximum Gasteiger partial charge on any atom is 0.252 e. The van der Waals surface area contributed by atoms with Crippen LogP contribution in [0, 0.1) is 30.9 Å². The molecule has 1 saturated carbocycles. The van der Waals surface area contributed by atoms with Crippen molar-refractivity contribution >= 4 is 23.2 Å². The molecule has 4 rings (SSSR count). The number of pyridine rings is 1. The molecule has 240 valence electrons. The van der Waals surface area contributed by atoms with E-state index in [-0.39, 0.29) is 36.8 Å². The van der Waals surface area contributed by atoms with Gasteiger partial charge in [0.2, 0.25) is 5.69 Å². The molecule has 2 heterocycles. The van der Waals surface area contributed by atoms with Crippen LogP contribution in [0.15, 0.2) is 24.4 Å². The van der Waals surface area contributed by atoms with Gasteiger partial charge in [-0.25, -0.2) is 8.78 Å². The maximum absolute atomic E-state index is 13.6. The number of carbonyl (C=O) groups is 1. The smallest absolute Gasteiger partial charge is 0.252 e. The van der Waals surface area contributed by atoms with Crippen LogP contribution in [-0.4, -0.2) is 87.2 Å². The van der Waals surface area contributed by atoms with E-state index in [2.05, 4.69) is 39.9 Å². The van der Waals surface area contributed by atoms with Gasteiger partial charge in [0.25, 0.3) is 12.3 Å². The Morgan fingerprint density at radius 2 is 1.86 bits per heavy atom. The van der Waals surface area contributed by atoms with Gasteiger partial charge in [-0.05, 0) is 77.3 Å². The normalized spacial score (nSPS) is 19.1. The molecular weight excluding hydrogens is 588 g/mol. The van der Waals surface area contributed by atoms with Gasteiger partial charge in [-0.2, -0.15) is 4.73 Å². The molecule has 0 atom stereocenters. The molecule has 1 saturated heterocycles. The molecule has 1 aromatic heterocycles. The molecule has 2 fully saturated rings. The lowest BCUT2D eigenvalue weighted by Gasteiger charge is -2.41. The van der Waals surface area contributed by atoms with Crippen LogP contribution in [0.5, 0.6) is 0 Å².